The molecule has 3 nitrogen and oxygen atoms in total. The Bertz CT molecular complexity index is 724. The number of carbonyl (C=O) groups is 1. The molecule has 0 spiro atoms. The molecular weight excluding hydrogens is 527 g/mol. The van der Waals surface area contributed by atoms with E-state index in [4.69, 9.17) is 0 Å². The molecule has 0 atom stereocenters. The van der Waals surface area contributed by atoms with Crippen LogP contribution in [0.4, 0.5) is 74.6 Å². The molecule has 0 saturated carbocycles. The molecule has 0 saturated heterocycles. The highest BCUT2D eigenvalue weighted by molar-refractivity contribution is 5.81. The molecule has 0 aliphatic heterocycles. The summed E-state index contributed by atoms with van der Waals surface area (Å²) in [6, 6.07) is 0. The molecule has 0 radical (unpaired) electrons. The number of esters is 1. The first-order valence-corrected chi connectivity index (χ1v) is 7.35. The maximum Gasteiger partial charge on any atom is 0.460 e. The lowest BCUT2D eigenvalue weighted by atomic mass is 9.90. The number of halogens is 17. The van der Waals surface area contributed by atoms with Crippen LogP contribution in [0.5, 0.6) is 0 Å². The van der Waals surface area contributed by atoms with E-state index in [0.29, 0.717) is 6.08 Å². The molecular formula is C13H7F17O3. The summed E-state index contributed by atoms with van der Waals surface area (Å²) in [5.74, 6) is -52.0. The van der Waals surface area contributed by atoms with Crippen molar-refractivity contribution in [3.8, 4) is 0 Å². The van der Waals surface area contributed by atoms with E-state index in [2.05, 4.69) is 16.1 Å². The second-order valence-corrected chi connectivity index (χ2v) is 5.68. The first-order chi connectivity index (χ1) is 14.2. The molecule has 33 heavy (non-hydrogen) atoms. The summed E-state index contributed by atoms with van der Waals surface area (Å²) in [6.07, 6.45) is -14.5. The lowest BCUT2D eigenvalue weighted by Crippen LogP contribution is -2.74. The highest BCUT2D eigenvalue weighted by atomic mass is 19.4. The molecule has 0 fully saturated rings. The Morgan fingerprint density at radius 3 is 1.24 bits per heavy atom. The molecule has 0 aliphatic carbocycles. The van der Waals surface area contributed by atoms with E-state index in [1.165, 1.54) is 0 Å². The first kappa shape index (κ1) is 31.0. The minimum absolute atomic E-state index is 0.334. The van der Waals surface area contributed by atoms with Gasteiger partial charge in [0.25, 0.3) is 0 Å². The third-order valence-corrected chi connectivity index (χ3v) is 3.47. The van der Waals surface area contributed by atoms with Crippen molar-refractivity contribution in [3.63, 3.8) is 0 Å². The third kappa shape index (κ3) is 4.66. The van der Waals surface area contributed by atoms with Gasteiger partial charge in [0.05, 0.1) is 6.61 Å². The molecule has 0 amide bonds. The molecule has 0 bridgehead atoms. The second-order valence-electron chi connectivity index (χ2n) is 5.68. The predicted molar refractivity (Wildman–Crippen MR) is 67.8 cm³/mol. The van der Waals surface area contributed by atoms with E-state index in [-0.39, 0.29) is 0 Å². The van der Waals surface area contributed by atoms with E-state index in [1.807, 2.05) is 0 Å². The number of hydrogen-bond acceptors (Lipinski definition) is 3. The van der Waals surface area contributed by atoms with Crippen molar-refractivity contribution in [2.24, 2.45) is 0 Å². The maximum atomic E-state index is 13.4. The van der Waals surface area contributed by atoms with Gasteiger partial charge in [-0.2, -0.15) is 74.6 Å². The van der Waals surface area contributed by atoms with Gasteiger partial charge in [-0.05, 0) is 0 Å². The summed E-state index contributed by atoms with van der Waals surface area (Å²) in [7, 11) is 0. The fraction of sp³-hybridized carbons (Fsp3) is 0.769. The summed E-state index contributed by atoms with van der Waals surface area (Å²) in [5, 5.41) is 0. The topological polar surface area (TPSA) is 35.5 Å². The van der Waals surface area contributed by atoms with Crippen LogP contribution < -0.4 is 0 Å². The van der Waals surface area contributed by atoms with Gasteiger partial charge in [-0.1, -0.05) is 6.58 Å². The Morgan fingerprint density at radius 1 is 0.576 bits per heavy atom. The zero-order chi connectivity index (χ0) is 27.1. The zero-order valence-electron chi connectivity index (χ0n) is 14.8. The van der Waals surface area contributed by atoms with Crippen molar-refractivity contribution in [1.29, 1.82) is 0 Å². The smallest absolute Gasteiger partial charge is 0.460 e. The van der Waals surface area contributed by atoms with Gasteiger partial charge in [-0.25, -0.2) is 4.79 Å². The molecule has 0 heterocycles. The highest BCUT2D eigenvalue weighted by Crippen LogP contribution is 2.63. The van der Waals surface area contributed by atoms with E-state index in [0.717, 1.165) is 0 Å². The lowest BCUT2D eigenvalue weighted by molar-refractivity contribution is -0.477. The molecule has 0 N–H and O–H groups in total. The van der Waals surface area contributed by atoms with Crippen molar-refractivity contribution in [2.45, 2.75) is 47.8 Å². The van der Waals surface area contributed by atoms with Gasteiger partial charge in [0.15, 0.2) is 0 Å². The van der Waals surface area contributed by atoms with Crippen molar-refractivity contribution in [3.05, 3.63) is 12.7 Å². The van der Waals surface area contributed by atoms with E-state index in [1.54, 1.807) is 0 Å². The van der Waals surface area contributed by atoms with Crippen LogP contribution in [-0.2, 0) is 14.3 Å². The van der Waals surface area contributed by atoms with Crippen LogP contribution in [-0.4, -0.2) is 67.0 Å². The molecule has 0 aliphatic rings. The van der Waals surface area contributed by atoms with Crippen LogP contribution in [0.15, 0.2) is 12.7 Å². The van der Waals surface area contributed by atoms with E-state index >= 15 is 0 Å². The number of hydrogen-bond donors (Lipinski definition) is 0. The van der Waals surface area contributed by atoms with E-state index < -0.39 is 67.0 Å². The fourth-order valence-corrected chi connectivity index (χ4v) is 1.61. The average molecular weight is 534 g/mol. The number of rotatable bonds is 11. The largest absolute Gasteiger partial charge is 0.460 e. The lowest BCUT2D eigenvalue weighted by Gasteiger charge is -2.42. The SMILES string of the molecule is C=CC(=O)OCCOC(F)(F)C(F)(F)C(F)(F)C(F)(F)C(F)(F)C(F)(F)C(F)(F)C(F)(F)F. The second kappa shape index (κ2) is 8.64. The normalized spacial score (nSPS) is 15.4. The third-order valence-electron chi connectivity index (χ3n) is 3.47. The predicted octanol–water partition coefficient (Wildman–Crippen LogP) is 5.70. The molecule has 0 aromatic rings. The van der Waals surface area contributed by atoms with Crippen LogP contribution in [0, 0.1) is 0 Å². The summed E-state index contributed by atoms with van der Waals surface area (Å²) in [6.45, 7) is -0.823. The van der Waals surface area contributed by atoms with Crippen LogP contribution in [0.1, 0.15) is 0 Å². The highest BCUT2D eigenvalue weighted by Gasteiger charge is 2.95. The Kier molecular flexibility index (Phi) is 8.11. The van der Waals surface area contributed by atoms with Crippen LogP contribution in [0.3, 0.4) is 0 Å². The van der Waals surface area contributed by atoms with Crippen molar-refractivity contribution in [2.75, 3.05) is 13.2 Å². The molecule has 0 rings (SSSR count). The molecule has 20 heteroatoms. The quantitative estimate of drug-likeness (QED) is 0.148. The standard InChI is InChI=1S/C13H7F17O3/c1-2-5(31)32-3-4-33-13(29,30)11(24,25)9(20,21)7(16,17)6(14,15)8(18,19)10(22,23)12(26,27)28/h2H,1,3-4H2. The Labute approximate surface area is 170 Å². The zero-order valence-corrected chi connectivity index (χ0v) is 14.8. The summed E-state index contributed by atoms with van der Waals surface area (Å²) in [5.41, 5.74) is 0. The minimum atomic E-state index is -8.71. The van der Waals surface area contributed by atoms with Gasteiger partial charge in [0.1, 0.15) is 6.61 Å². The number of ether oxygens (including phenoxy) is 2. The average Bonchev–Trinajstić information content (AvgIpc) is 2.62. The van der Waals surface area contributed by atoms with Crippen molar-refractivity contribution in [1.82, 2.24) is 0 Å². The van der Waals surface area contributed by atoms with Crippen LogP contribution >= 0.6 is 0 Å². The Morgan fingerprint density at radius 2 is 0.909 bits per heavy atom. The molecule has 0 aromatic carbocycles. The van der Waals surface area contributed by atoms with Crippen LogP contribution in [0.25, 0.3) is 0 Å². The maximum absolute atomic E-state index is 13.4. The number of carbonyl (C=O) groups excluding carboxylic acids is 1. The number of alkyl halides is 17. The first-order valence-electron chi connectivity index (χ1n) is 7.35. The van der Waals surface area contributed by atoms with Gasteiger partial charge in [0, 0.05) is 6.08 Å². The van der Waals surface area contributed by atoms with Gasteiger partial charge in [-0.15, -0.1) is 0 Å². The Hall–Kier alpha value is -2.02. The van der Waals surface area contributed by atoms with Gasteiger partial charge in [0.2, 0.25) is 0 Å². The monoisotopic (exact) mass is 534 g/mol. The fourth-order valence-electron chi connectivity index (χ4n) is 1.61. The van der Waals surface area contributed by atoms with Gasteiger partial charge >= 0.3 is 53.8 Å². The molecule has 0 aromatic heterocycles. The Balaban J connectivity index is 6.26. The van der Waals surface area contributed by atoms with Crippen molar-refractivity contribution >= 4 is 5.97 Å². The van der Waals surface area contributed by atoms with Crippen molar-refractivity contribution < 1.29 is 88.9 Å². The molecule has 0 unspecified atom stereocenters. The molecule has 196 valence electrons. The summed E-state index contributed by atoms with van der Waals surface area (Å²) < 4.78 is 226. The van der Waals surface area contributed by atoms with Crippen LogP contribution in [0.2, 0.25) is 0 Å². The van der Waals surface area contributed by atoms with Gasteiger partial charge < -0.3 is 9.47 Å². The van der Waals surface area contributed by atoms with Gasteiger partial charge in [-0.3, -0.25) is 0 Å². The minimum Gasteiger partial charge on any atom is -0.460 e. The van der Waals surface area contributed by atoms with E-state index in [9.17, 15) is 79.4 Å². The summed E-state index contributed by atoms with van der Waals surface area (Å²) >= 11 is 0. The summed E-state index contributed by atoms with van der Waals surface area (Å²) in [4.78, 5) is 10.5.